The highest BCUT2D eigenvalue weighted by atomic mass is 32.1. The molecule has 0 unspecified atom stereocenters. The van der Waals surface area contributed by atoms with Crippen LogP contribution in [0.1, 0.15) is 49.7 Å². The van der Waals surface area contributed by atoms with E-state index in [0.717, 1.165) is 6.54 Å². The molecule has 6 heteroatoms. The first-order valence-electron chi connectivity index (χ1n) is 6.71. The summed E-state index contributed by atoms with van der Waals surface area (Å²) in [6, 6.07) is 0.273. The monoisotopic (exact) mass is 282 g/mol. The molecular formula is C13H22N4OS. The lowest BCUT2D eigenvalue weighted by molar-refractivity contribution is 0.0895. The molecule has 0 saturated heterocycles. The van der Waals surface area contributed by atoms with E-state index < -0.39 is 0 Å². The number of thiazole rings is 1. The van der Waals surface area contributed by atoms with E-state index in [1.165, 1.54) is 30.6 Å². The highest BCUT2D eigenvalue weighted by Crippen LogP contribution is 2.39. The van der Waals surface area contributed by atoms with Gasteiger partial charge in [-0.1, -0.05) is 24.7 Å². The minimum atomic E-state index is -0.111. The predicted octanol–water partition coefficient (Wildman–Crippen LogP) is 2.47. The Morgan fingerprint density at radius 2 is 2.21 bits per heavy atom. The van der Waals surface area contributed by atoms with Crippen LogP contribution in [0.2, 0.25) is 0 Å². The van der Waals surface area contributed by atoms with Crippen molar-refractivity contribution < 1.29 is 4.79 Å². The molecule has 1 aromatic rings. The van der Waals surface area contributed by atoms with Gasteiger partial charge in [-0.15, -0.1) is 0 Å². The van der Waals surface area contributed by atoms with E-state index in [9.17, 15) is 4.79 Å². The summed E-state index contributed by atoms with van der Waals surface area (Å²) in [6.07, 6.45) is 3.63. The molecule has 0 aromatic carbocycles. The molecule has 0 spiro atoms. The molecule has 2 rings (SSSR count). The Morgan fingerprint density at radius 3 is 2.74 bits per heavy atom. The number of amides is 1. The molecule has 1 aliphatic carbocycles. The van der Waals surface area contributed by atoms with Gasteiger partial charge >= 0.3 is 0 Å². The first kappa shape index (κ1) is 14.1. The third kappa shape index (κ3) is 3.37. The summed E-state index contributed by atoms with van der Waals surface area (Å²) in [6.45, 7) is 6.97. The van der Waals surface area contributed by atoms with Crippen molar-refractivity contribution >= 4 is 28.2 Å². The van der Waals surface area contributed by atoms with Crippen molar-refractivity contribution in [2.24, 2.45) is 5.41 Å². The molecule has 1 heterocycles. The standard InChI is InChI=1S/C13H22N4OS/c1-8(2)16-12-17-10(14)9(19-12)11(18)15-7-13(3)5-4-6-13/h8H,4-7,14H2,1-3H3,(H,15,18)(H,16,17). The van der Waals surface area contributed by atoms with Crippen molar-refractivity contribution in [2.75, 3.05) is 17.6 Å². The Kier molecular flexibility index (Phi) is 3.99. The summed E-state index contributed by atoms with van der Waals surface area (Å²) in [5, 5.41) is 6.84. The van der Waals surface area contributed by atoms with Gasteiger partial charge < -0.3 is 16.4 Å². The van der Waals surface area contributed by atoms with E-state index in [1.807, 2.05) is 13.8 Å². The summed E-state index contributed by atoms with van der Waals surface area (Å²) < 4.78 is 0. The number of anilines is 2. The summed E-state index contributed by atoms with van der Waals surface area (Å²) in [5.74, 6) is 0.198. The van der Waals surface area contributed by atoms with Gasteiger partial charge in [-0.25, -0.2) is 4.98 Å². The van der Waals surface area contributed by atoms with Crippen LogP contribution < -0.4 is 16.4 Å². The second-order valence-electron chi connectivity index (χ2n) is 5.88. The number of nitrogens with zero attached hydrogens (tertiary/aromatic N) is 1. The lowest BCUT2D eigenvalue weighted by atomic mass is 9.70. The Morgan fingerprint density at radius 1 is 1.53 bits per heavy atom. The molecule has 0 aliphatic heterocycles. The summed E-state index contributed by atoms with van der Waals surface area (Å²) in [5.41, 5.74) is 6.07. The molecule has 1 aliphatic rings. The molecule has 0 atom stereocenters. The van der Waals surface area contributed by atoms with Crippen LogP contribution in [0.3, 0.4) is 0 Å². The molecule has 4 N–H and O–H groups in total. The van der Waals surface area contributed by atoms with Crippen molar-refractivity contribution in [2.45, 2.75) is 46.1 Å². The van der Waals surface area contributed by atoms with Gasteiger partial charge in [-0.2, -0.15) is 0 Å². The smallest absolute Gasteiger partial charge is 0.265 e. The Hall–Kier alpha value is -1.30. The number of carbonyl (C=O) groups is 1. The quantitative estimate of drug-likeness (QED) is 0.775. The lowest BCUT2D eigenvalue weighted by Crippen LogP contribution is -2.39. The SMILES string of the molecule is CC(C)Nc1nc(N)c(C(=O)NCC2(C)CCC2)s1. The number of aromatic nitrogens is 1. The summed E-state index contributed by atoms with van der Waals surface area (Å²) >= 11 is 1.31. The molecule has 1 amide bonds. The number of hydrogen-bond donors (Lipinski definition) is 3. The van der Waals surface area contributed by atoms with Crippen LogP contribution in [-0.2, 0) is 0 Å². The number of carbonyl (C=O) groups excluding carboxylic acids is 1. The second kappa shape index (κ2) is 5.36. The molecule has 1 saturated carbocycles. The van der Waals surface area contributed by atoms with Crippen LogP contribution in [0, 0.1) is 5.41 Å². The highest BCUT2D eigenvalue weighted by molar-refractivity contribution is 7.18. The van der Waals surface area contributed by atoms with Crippen LogP contribution in [0.5, 0.6) is 0 Å². The van der Waals surface area contributed by atoms with E-state index in [4.69, 9.17) is 5.73 Å². The van der Waals surface area contributed by atoms with Gasteiger partial charge in [0.05, 0.1) is 0 Å². The number of nitrogens with one attached hydrogen (secondary N) is 2. The third-order valence-electron chi connectivity index (χ3n) is 3.51. The fraction of sp³-hybridized carbons (Fsp3) is 0.692. The Bertz CT molecular complexity index is 465. The number of nitrogen functional groups attached to an aromatic ring is 1. The zero-order valence-electron chi connectivity index (χ0n) is 11.7. The van der Waals surface area contributed by atoms with Gasteiger partial charge in [0.2, 0.25) is 0 Å². The lowest BCUT2D eigenvalue weighted by Gasteiger charge is -2.38. The first-order chi connectivity index (χ1) is 8.89. The molecule has 106 valence electrons. The molecule has 19 heavy (non-hydrogen) atoms. The molecule has 1 aromatic heterocycles. The van der Waals surface area contributed by atoms with Gasteiger partial charge in [-0.05, 0) is 32.1 Å². The fourth-order valence-corrected chi connectivity index (χ4v) is 3.08. The van der Waals surface area contributed by atoms with Crippen molar-refractivity contribution in [3.63, 3.8) is 0 Å². The van der Waals surface area contributed by atoms with Gasteiger partial charge in [0, 0.05) is 12.6 Å². The maximum atomic E-state index is 12.1. The highest BCUT2D eigenvalue weighted by Gasteiger charge is 2.32. The molecule has 0 bridgehead atoms. The number of rotatable bonds is 5. The van der Waals surface area contributed by atoms with E-state index in [2.05, 4.69) is 22.5 Å². The zero-order valence-corrected chi connectivity index (χ0v) is 12.6. The van der Waals surface area contributed by atoms with E-state index >= 15 is 0 Å². The van der Waals surface area contributed by atoms with Gasteiger partial charge in [0.25, 0.3) is 5.91 Å². The number of nitrogens with two attached hydrogens (primary N) is 1. The largest absolute Gasteiger partial charge is 0.382 e. The normalized spacial score (nSPS) is 17.1. The number of hydrogen-bond acceptors (Lipinski definition) is 5. The van der Waals surface area contributed by atoms with E-state index in [0.29, 0.717) is 15.8 Å². The van der Waals surface area contributed by atoms with E-state index in [-0.39, 0.29) is 17.4 Å². The zero-order chi connectivity index (χ0) is 14.0. The van der Waals surface area contributed by atoms with Crippen LogP contribution >= 0.6 is 11.3 Å². The maximum absolute atomic E-state index is 12.1. The minimum absolute atomic E-state index is 0.111. The Labute approximate surface area is 118 Å². The molecule has 0 radical (unpaired) electrons. The van der Waals surface area contributed by atoms with Crippen LogP contribution in [0.15, 0.2) is 0 Å². The summed E-state index contributed by atoms with van der Waals surface area (Å²) in [4.78, 5) is 16.8. The molecular weight excluding hydrogens is 260 g/mol. The fourth-order valence-electron chi connectivity index (χ4n) is 2.13. The second-order valence-corrected chi connectivity index (χ2v) is 6.88. The van der Waals surface area contributed by atoms with Crippen molar-refractivity contribution in [3.8, 4) is 0 Å². The predicted molar refractivity (Wildman–Crippen MR) is 79.6 cm³/mol. The Balaban J connectivity index is 1.96. The van der Waals surface area contributed by atoms with Gasteiger partial charge in [0.1, 0.15) is 10.7 Å². The first-order valence-corrected chi connectivity index (χ1v) is 7.52. The topological polar surface area (TPSA) is 80.0 Å². The van der Waals surface area contributed by atoms with Crippen LogP contribution in [-0.4, -0.2) is 23.5 Å². The average molecular weight is 282 g/mol. The average Bonchev–Trinajstić information content (AvgIpc) is 2.63. The summed E-state index contributed by atoms with van der Waals surface area (Å²) in [7, 11) is 0. The van der Waals surface area contributed by atoms with Crippen molar-refractivity contribution in [1.82, 2.24) is 10.3 Å². The third-order valence-corrected chi connectivity index (χ3v) is 4.51. The van der Waals surface area contributed by atoms with Crippen molar-refractivity contribution in [3.05, 3.63) is 4.88 Å². The van der Waals surface area contributed by atoms with Crippen molar-refractivity contribution in [1.29, 1.82) is 0 Å². The minimum Gasteiger partial charge on any atom is -0.382 e. The van der Waals surface area contributed by atoms with Gasteiger partial charge in [0.15, 0.2) is 5.13 Å². The maximum Gasteiger partial charge on any atom is 0.265 e. The van der Waals surface area contributed by atoms with E-state index in [1.54, 1.807) is 0 Å². The van der Waals surface area contributed by atoms with Gasteiger partial charge in [-0.3, -0.25) is 4.79 Å². The van der Waals surface area contributed by atoms with Crippen LogP contribution in [0.25, 0.3) is 0 Å². The molecule has 1 fully saturated rings. The molecule has 5 nitrogen and oxygen atoms in total. The van der Waals surface area contributed by atoms with Crippen LogP contribution in [0.4, 0.5) is 10.9 Å².